The van der Waals surface area contributed by atoms with Crippen molar-refractivity contribution >= 4 is 0 Å². The fraction of sp³-hybridized carbons (Fsp3) is 0.846. The molecule has 1 heterocycles. The monoisotopic (exact) mass is 253 g/mol. The Hall–Kier alpha value is -0.940. The summed E-state index contributed by atoms with van der Waals surface area (Å²) < 4.78 is 5.17. The van der Waals surface area contributed by atoms with Crippen molar-refractivity contribution in [3.05, 3.63) is 11.7 Å². The molecule has 2 atom stereocenters. The Kier molecular flexibility index (Phi) is 4.72. The summed E-state index contributed by atoms with van der Waals surface area (Å²) >= 11 is 0. The molecule has 5 heteroatoms. The molecule has 1 aliphatic rings. The predicted molar refractivity (Wildman–Crippen MR) is 68.0 cm³/mol. The number of rotatable bonds is 3. The van der Waals surface area contributed by atoms with E-state index in [9.17, 15) is 5.11 Å². The molecule has 0 aliphatic heterocycles. The van der Waals surface area contributed by atoms with Crippen LogP contribution in [0.5, 0.6) is 0 Å². The molecule has 1 aromatic heterocycles. The van der Waals surface area contributed by atoms with Crippen molar-refractivity contribution in [3.8, 4) is 0 Å². The standard InChI is InChI=1S/C13H23N3O2/c1-9(17)11(14)13-15-12(16-18-13)10-7-5-3-2-4-6-8-10/h9-11,17H,2-8,14H2,1H3/t9-,11+/m1/s1. The van der Waals surface area contributed by atoms with Crippen LogP contribution in [0.2, 0.25) is 0 Å². The molecule has 1 aliphatic carbocycles. The highest BCUT2D eigenvalue weighted by molar-refractivity contribution is 4.99. The Morgan fingerprint density at radius 2 is 1.83 bits per heavy atom. The summed E-state index contributed by atoms with van der Waals surface area (Å²) in [5.41, 5.74) is 5.79. The predicted octanol–water partition coefficient (Wildman–Crippen LogP) is 2.28. The van der Waals surface area contributed by atoms with Gasteiger partial charge in [0.25, 0.3) is 0 Å². The Morgan fingerprint density at radius 1 is 1.22 bits per heavy atom. The molecule has 5 nitrogen and oxygen atoms in total. The molecule has 0 amide bonds. The second-order valence-corrected chi connectivity index (χ2v) is 5.30. The summed E-state index contributed by atoms with van der Waals surface area (Å²) in [5, 5.41) is 13.5. The molecular formula is C13H23N3O2. The van der Waals surface area contributed by atoms with E-state index in [0.29, 0.717) is 11.8 Å². The van der Waals surface area contributed by atoms with E-state index in [1.807, 2.05) is 0 Å². The lowest BCUT2D eigenvalue weighted by Crippen LogP contribution is -2.23. The maximum atomic E-state index is 9.42. The van der Waals surface area contributed by atoms with Gasteiger partial charge in [0.1, 0.15) is 6.04 Å². The lowest BCUT2D eigenvalue weighted by molar-refractivity contribution is 0.146. The van der Waals surface area contributed by atoms with Gasteiger partial charge < -0.3 is 15.4 Å². The zero-order valence-electron chi connectivity index (χ0n) is 11.0. The van der Waals surface area contributed by atoms with Crippen LogP contribution in [0.4, 0.5) is 0 Å². The minimum Gasteiger partial charge on any atom is -0.391 e. The quantitative estimate of drug-likeness (QED) is 0.863. The lowest BCUT2D eigenvalue weighted by Gasteiger charge is -2.16. The second-order valence-electron chi connectivity index (χ2n) is 5.30. The molecule has 1 fully saturated rings. The highest BCUT2D eigenvalue weighted by Crippen LogP contribution is 2.29. The lowest BCUT2D eigenvalue weighted by atomic mass is 9.91. The van der Waals surface area contributed by atoms with Gasteiger partial charge in [-0.3, -0.25) is 0 Å². The normalized spacial score (nSPS) is 22.2. The summed E-state index contributed by atoms with van der Waals surface area (Å²) in [6.07, 6.45) is 8.00. The first-order valence-corrected chi connectivity index (χ1v) is 6.95. The molecule has 0 unspecified atom stereocenters. The van der Waals surface area contributed by atoms with Gasteiger partial charge in [-0.15, -0.1) is 0 Å². The van der Waals surface area contributed by atoms with Crippen LogP contribution in [0.15, 0.2) is 4.52 Å². The molecule has 102 valence electrons. The minimum absolute atomic E-state index is 0.349. The van der Waals surface area contributed by atoms with Crippen molar-refractivity contribution in [1.29, 1.82) is 0 Å². The van der Waals surface area contributed by atoms with Gasteiger partial charge in [0.2, 0.25) is 5.89 Å². The molecular weight excluding hydrogens is 230 g/mol. The van der Waals surface area contributed by atoms with E-state index in [2.05, 4.69) is 10.1 Å². The molecule has 0 bridgehead atoms. The maximum Gasteiger partial charge on any atom is 0.246 e. The van der Waals surface area contributed by atoms with Gasteiger partial charge in [-0.25, -0.2) is 0 Å². The summed E-state index contributed by atoms with van der Waals surface area (Å²) in [6, 6.07) is -0.584. The second kappa shape index (κ2) is 6.29. The van der Waals surface area contributed by atoms with Crippen molar-refractivity contribution in [3.63, 3.8) is 0 Å². The SMILES string of the molecule is C[C@@H](O)[C@H](N)c1nc(C2CCCCCCC2)no1. The van der Waals surface area contributed by atoms with E-state index in [4.69, 9.17) is 10.3 Å². The highest BCUT2D eigenvalue weighted by atomic mass is 16.5. The van der Waals surface area contributed by atoms with Crippen LogP contribution in [0.1, 0.15) is 75.5 Å². The van der Waals surface area contributed by atoms with Crippen molar-refractivity contribution in [2.45, 2.75) is 69.9 Å². The van der Waals surface area contributed by atoms with E-state index in [1.165, 1.54) is 32.1 Å². The van der Waals surface area contributed by atoms with E-state index >= 15 is 0 Å². The van der Waals surface area contributed by atoms with Gasteiger partial charge in [0.15, 0.2) is 5.82 Å². The van der Waals surface area contributed by atoms with Crippen LogP contribution >= 0.6 is 0 Å². The van der Waals surface area contributed by atoms with Gasteiger partial charge in [-0.05, 0) is 19.8 Å². The molecule has 0 radical (unpaired) electrons. The fourth-order valence-electron chi connectivity index (χ4n) is 2.47. The van der Waals surface area contributed by atoms with E-state index in [1.54, 1.807) is 6.92 Å². The Labute approximate surface area is 108 Å². The smallest absolute Gasteiger partial charge is 0.246 e. The van der Waals surface area contributed by atoms with Crippen LogP contribution in [0.25, 0.3) is 0 Å². The summed E-state index contributed by atoms with van der Waals surface area (Å²) in [5.74, 6) is 1.51. The van der Waals surface area contributed by atoms with Crippen molar-refractivity contribution in [1.82, 2.24) is 10.1 Å². The average molecular weight is 253 g/mol. The fourth-order valence-corrected chi connectivity index (χ4v) is 2.47. The number of aromatic nitrogens is 2. The van der Waals surface area contributed by atoms with Crippen LogP contribution in [0.3, 0.4) is 0 Å². The largest absolute Gasteiger partial charge is 0.391 e. The van der Waals surface area contributed by atoms with Gasteiger partial charge in [-0.2, -0.15) is 4.98 Å². The summed E-state index contributed by atoms with van der Waals surface area (Å²) in [7, 11) is 0. The molecule has 2 rings (SSSR count). The third-order valence-electron chi connectivity index (χ3n) is 3.73. The van der Waals surface area contributed by atoms with Crippen LogP contribution in [-0.4, -0.2) is 21.4 Å². The Morgan fingerprint density at radius 3 is 2.44 bits per heavy atom. The topological polar surface area (TPSA) is 85.2 Å². The van der Waals surface area contributed by atoms with Crippen molar-refractivity contribution < 1.29 is 9.63 Å². The van der Waals surface area contributed by atoms with Crippen LogP contribution in [-0.2, 0) is 0 Å². The van der Waals surface area contributed by atoms with Crippen molar-refractivity contribution in [2.75, 3.05) is 0 Å². The molecule has 0 aromatic carbocycles. The number of aliphatic hydroxyl groups is 1. The molecule has 18 heavy (non-hydrogen) atoms. The Balaban J connectivity index is 2.03. The third-order valence-corrected chi connectivity index (χ3v) is 3.73. The van der Waals surface area contributed by atoms with E-state index in [-0.39, 0.29) is 0 Å². The average Bonchev–Trinajstić information content (AvgIpc) is 2.76. The summed E-state index contributed by atoms with van der Waals surface area (Å²) in [4.78, 5) is 4.36. The first kappa shape index (κ1) is 13.5. The van der Waals surface area contributed by atoms with Gasteiger partial charge >= 0.3 is 0 Å². The minimum atomic E-state index is -0.671. The third kappa shape index (κ3) is 3.29. The number of aliphatic hydroxyl groups excluding tert-OH is 1. The van der Waals surface area contributed by atoms with Gasteiger partial charge in [0.05, 0.1) is 6.10 Å². The first-order valence-electron chi connectivity index (χ1n) is 6.95. The zero-order chi connectivity index (χ0) is 13.0. The molecule has 1 aromatic rings. The zero-order valence-corrected chi connectivity index (χ0v) is 11.0. The highest BCUT2D eigenvalue weighted by Gasteiger charge is 2.23. The number of nitrogens with two attached hydrogens (primary N) is 1. The maximum absolute atomic E-state index is 9.42. The first-order chi connectivity index (χ1) is 8.68. The van der Waals surface area contributed by atoms with E-state index in [0.717, 1.165) is 18.7 Å². The van der Waals surface area contributed by atoms with Crippen molar-refractivity contribution in [2.24, 2.45) is 5.73 Å². The molecule has 1 saturated carbocycles. The summed E-state index contributed by atoms with van der Waals surface area (Å²) in [6.45, 7) is 1.63. The molecule has 0 saturated heterocycles. The Bertz CT molecular complexity index is 357. The molecule has 3 N–H and O–H groups in total. The van der Waals surface area contributed by atoms with Gasteiger partial charge in [0, 0.05) is 5.92 Å². The van der Waals surface area contributed by atoms with Crippen LogP contribution < -0.4 is 5.73 Å². The number of hydrogen-bond donors (Lipinski definition) is 2. The number of nitrogens with zero attached hydrogens (tertiary/aromatic N) is 2. The van der Waals surface area contributed by atoms with E-state index < -0.39 is 12.1 Å². The molecule has 0 spiro atoms. The van der Waals surface area contributed by atoms with Crippen LogP contribution in [0, 0.1) is 0 Å². The van der Waals surface area contributed by atoms with Gasteiger partial charge in [-0.1, -0.05) is 37.3 Å². The number of hydrogen-bond acceptors (Lipinski definition) is 5.